The second-order valence-corrected chi connectivity index (χ2v) is 13.3. The van der Waals surface area contributed by atoms with Crippen LogP contribution in [0.5, 0.6) is 5.75 Å². The van der Waals surface area contributed by atoms with Crippen LogP contribution in [0.25, 0.3) is 27.6 Å². The highest BCUT2D eigenvalue weighted by Crippen LogP contribution is 2.46. The molecule has 2 aromatic carbocycles. The molecule has 0 unspecified atom stereocenters. The number of H-pyrrole nitrogens is 1. The number of rotatable bonds is 9. The third-order valence-corrected chi connectivity index (χ3v) is 9.36. The predicted octanol–water partition coefficient (Wildman–Crippen LogP) is 4.74. The number of aromatic nitrogens is 5. The van der Waals surface area contributed by atoms with Gasteiger partial charge in [-0.2, -0.15) is 9.97 Å². The summed E-state index contributed by atoms with van der Waals surface area (Å²) < 4.78 is 11.9. The quantitative estimate of drug-likeness (QED) is 0.115. The van der Waals surface area contributed by atoms with E-state index in [2.05, 4.69) is 49.1 Å². The zero-order valence-electron chi connectivity index (χ0n) is 25.4. The number of aromatic amines is 1. The van der Waals surface area contributed by atoms with Crippen molar-refractivity contribution in [3.05, 3.63) is 60.2 Å². The van der Waals surface area contributed by atoms with E-state index in [0.29, 0.717) is 37.2 Å². The number of ether oxygens (including phenoxy) is 2. The first-order valence-electron chi connectivity index (χ1n) is 14.9. The number of hydrogen-bond acceptors (Lipinski definition) is 11. The average molecular weight is 623 g/mol. The molecule has 3 aromatic heterocycles. The van der Waals surface area contributed by atoms with Crippen LogP contribution in [0, 0.1) is 5.41 Å². The van der Waals surface area contributed by atoms with Crippen molar-refractivity contribution >= 4 is 75.9 Å². The smallest absolute Gasteiger partial charge is 0.231 e. The van der Waals surface area contributed by atoms with Crippen molar-refractivity contribution in [1.29, 1.82) is 5.41 Å². The zero-order valence-corrected chi connectivity index (χ0v) is 26.3. The summed E-state index contributed by atoms with van der Waals surface area (Å²) in [6.07, 6.45) is 9.32. The minimum absolute atomic E-state index is 0.418. The molecule has 0 amide bonds. The number of nitrogens with zero attached hydrogens (tertiary/aromatic N) is 5. The van der Waals surface area contributed by atoms with Crippen molar-refractivity contribution in [3.8, 4) is 5.75 Å². The maximum Gasteiger partial charge on any atom is 0.231 e. The van der Waals surface area contributed by atoms with Crippen molar-refractivity contribution in [1.82, 2.24) is 30.2 Å². The predicted molar refractivity (Wildman–Crippen MR) is 183 cm³/mol. The SMILES string of the molecule is CN/C=C(\C=N)c1cc(Nc2nc(Nc3ccc4nccnc4c3P(C)C)c3cc[nH]c3n2)c2c(c1N1CCOCC1)CCO2. The Morgan fingerprint density at radius 1 is 1.04 bits per heavy atom. The Hall–Kier alpha value is -4.80. The standard InChI is InChI=1S/C32H35N10O2P/c1-34-18-19(17-33)22-16-25(28-20(7-13-44-28)27(22)42-11-14-43-15-12-42)39-32-40-30-21(6-8-37-30)31(41-32)38-24-5-4-23-26(29(24)45(2)3)36-10-9-35-23/h4-6,8-10,16-18,33-34H,7,11-15H2,1-3H3,(H3,37,38,39,40,41)/b19-18+,33-17?. The normalized spacial score (nSPS) is 14.9. The molecular weight excluding hydrogens is 587 g/mol. The van der Waals surface area contributed by atoms with E-state index in [1.807, 2.05) is 43.7 Å². The van der Waals surface area contributed by atoms with Crippen LogP contribution < -0.4 is 30.9 Å². The van der Waals surface area contributed by atoms with Gasteiger partial charge in [-0.15, -0.1) is 0 Å². The number of allylic oxidation sites excluding steroid dienone is 1. The first kappa shape index (κ1) is 28.9. The van der Waals surface area contributed by atoms with Gasteiger partial charge in [0.1, 0.15) is 17.2 Å². The molecule has 5 aromatic rings. The zero-order chi connectivity index (χ0) is 30.9. The number of hydrogen-bond donors (Lipinski definition) is 5. The summed E-state index contributed by atoms with van der Waals surface area (Å²) in [5.74, 6) is 1.88. The molecule has 0 radical (unpaired) electrons. The van der Waals surface area contributed by atoms with Gasteiger partial charge in [0.2, 0.25) is 5.95 Å². The van der Waals surface area contributed by atoms with Crippen molar-refractivity contribution in [2.75, 3.05) is 68.8 Å². The van der Waals surface area contributed by atoms with E-state index in [-0.39, 0.29) is 0 Å². The van der Waals surface area contributed by atoms with Gasteiger partial charge < -0.3 is 40.7 Å². The molecular formula is C32H35N10O2P. The fourth-order valence-electron chi connectivity index (χ4n) is 6.09. The Bertz CT molecular complexity index is 1930. The molecule has 1 saturated heterocycles. The van der Waals surface area contributed by atoms with Gasteiger partial charge in [-0.1, -0.05) is 7.92 Å². The van der Waals surface area contributed by atoms with E-state index in [1.165, 1.54) is 6.21 Å². The maximum absolute atomic E-state index is 8.23. The summed E-state index contributed by atoms with van der Waals surface area (Å²) in [7, 11) is 1.33. The molecule has 0 bridgehead atoms. The van der Waals surface area contributed by atoms with E-state index in [9.17, 15) is 0 Å². The van der Waals surface area contributed by atoms with Crippen LogP contribution >= 0.6 is 7.92 Å². The van der Waals surface area contributed by atoms with Crippen molar-refractivity contribution in [2.45, 2.75) is 6.42 Å². The number of fused-ring (bicyclic) bond motifs is 3. The molecule has 0 saturated carbocycles. The highest BCUT2D eigenvalue weighted by Gasteiger charge is 2.29. The summed E-state index contributed by atoms with van der Waals surface area (Å²) in [5, 5.41) is 20.4. The van der Waals surface area contributed by atoms with Crippen molar-refractivity contribution in [3.63, 3.8) is 0 Å². The fraction of sp³-hybridized carbons (Fsp3) is 0.281. The first-order valence-corrected chi connectivity index (χ1v) is 17.1. The number of nitrogens with one attached hydrogen (secondary N) is 5. The highest BCUT2D eigenvalue weighted by atomic mass is 31.1. The van der Waals surface area contributed by atoms with E-state index in [4.69, 9.17) is 24.9 Å². The van der Waals surface area contributed by atoms with Crippen LogP contribution in [0.3, 0.4) is 0 Å². The van der Waals surface area contributed by atoms with Gasteiger partial charge in [0.15, 0.2) is 0 Å². The molecule has 12 nitrogen and oxygen atoms in total. The Balaban J connectivity index is 1.32. The summed E-state index contributed by atoms with van der Waals surface area (Å²) >= 11 is 0. The number of morpholine rings is 1. The monoisotopic (exact) mass is 622 g/mol. The molecule has 7 rings (SSSR count). The largest absolute Gasteiger partial charge is 0.491 e. The minimum Gasteiger partial charge on any atom is -0.491 e. The molecule has 2 aliphatic rings. The van der Waals surface area contributed by atoms with Gasteiger partial charge in [0, 0.05) is 85.3 Å². The van der Waals surface area contributed by atoms with Gasteiger partial charge in [0.25, 0.3) is 0 Å². The molecule has 0 aliphatic carbocycles. The Labute approximate surface area is 261 Å². The van der Waals surface area contributed by atoms with Gasteiger partial charge in [-0.25, -0.2) is 0 Å². The minimum atomic E-state index is -0.508. The van der Waals surface area contributed by atoms with Crippen LogP contribution in [0.1, 0.15) is 11.1 Å². The van der Waals surface area contributed by atoms with E-state index in [1.54, 1.807) is 12.4 Å². The molecule has 5 N–H and O–H groups in total. The molecule has 0 atom stereocenters. The maximum atomic E-state index is 8.23. The molecule has 13 heteroatoms. The number of benzene rings is 2. The lowest BCUT2D eigenvalue weighted by Crippen LogP contribution is -2.37. The second-order valence-electron chi connectivity index (χ2n) is 11.0. The molecule has 45 heavy (non-hydrogen) atoms. The van der Waals surface area contributed by atoms with Gasteiger partial charge in [-0.05, 0) is 37.6 Å². The van der Waals surface area contributed by atoms with Crippen LogP contribution in [0.15, 0.2) is 49.1 Å². The van der Waals surface area contributed by atoms with Crippen LogP contribution in [0.2, 0.25) is 0 Å². The first-order chi connectivity index (χ1) is 22.1. The second kappa shape index (κ2) is 12.3. The van der Waals surface area contributed by atoms with Gasteiger partial charge in [0.05, 0.1) is 47.6 Å². The molecule has 230 valence electrons. The number of anilines is 5. The summed E-state index contributed by atoms with van der Waals surface area (Å²) in [6, 6.07) is 8.05. The van der Waals surface area contributed by atoms with Gasteiger partial charge in [-0.3, -0.25) is 9.97 Å². The Kier molecular flexibility index (Phi) is 7.91. The molecule has 1 fully saturated rings. The fourth-order valence-corrected chi connectivity index (χ4v) is 7.30. The van der Waals surface area contributed by atoms with Gasteiger partial charge >= 0.3 is 0 Å². The Morgan fingerprint density at radius 2 is 1.89 bits per heavy atom. The van der Waals surface area contributed by atoms with E-state index >= 15 is 0 Å². The lowest BCUT2D eigenvalue weighted by atomic mass is 9.96. The lowest BCUT2D eigenvalue weighted by Gasteiger charge is -2.33. The molecule has 0 spiro atoms. The van der Waals surface area contributed by atoms with Crippen LogP contribution in [-0.4, -0.2) is 84.4 Å². The average Bonchev–Trinajstić information content (AvgIpc) is 3.74. The summed E-state index contributed by atoms with van der Waals surface area (Å²) in [5.41, 5.74) is 8.07. The lowest BCUT2D eigenvalue weighted by molar-refractivity contribution is 0.122. The highest BCUT2D eigenvalue weighted by molar-refractivity contribution is 7.65. The van der Waals surface area contributed by atoms with Crippen LogP contribution in [-0.2, 0) is 11.2 Å². The van der Waals surface area contributed by atoms with Crippen molar-refractivity contribution in [2.24, 2.45) is 0 Å². The third kappa shape index (κ3) is 5.40. The Morgan fingerprint density at radius 3 is 2.69 bits per heavy atom. The molecule has 5 heterocycles. The van der Waals surface area contributed by atoms with E-state index < -0.39 is 7.92 Å². The summed E-state index contributed by atoms with van der Waals surface area (Å²) in [4.78, 5) is 24.6. The topological polar surface area (TPSA) is 149 Å². The van der Waals surface area contributed by atoms with E-state index in [0.717, 1.165) is 80.7 Å². The molecule has 2 aliphatic heterocycles. The third-order valence-electron chi connectivity index (χ3n) is 8.02. The van der Waals surface area contributed by atoms with Crippen molar-refractivity contribution < 1.29 is 9.47 Å². The summed E-state index contributed by atoms with van der Waals surface area (Å²) in [6.45, 7) is 7.88. The van der Waals surface area contributed by atoms with Crippen LogP contribution in [0.4, 0.5) is 28.8 Å².